The summed E-state index contributed by atoms with van der Waals surface area (Å²) in [5, 5.41) is 1.43. The lowest BCUT2D eigenvalue weighted by atomic mass is 10.00. The first-order chi connectivity index (χ1) is 17.4. The molecule has 0 fully saturated rings. The van der Waals surface area contributed by atoms with Crippen LogP contribution in [-0.2, 0) is 20.0 Å². The Morgan fingerprint density at radius 1 is 0.919 bits per heavy atom. The van der Waals surface area contributed by atoms with Crippen LogP contribution in [0.2, 0.25) is 5.02 Å². The van der Waals surface area contributed by atoms with Crippen LogP contribution < -0.4 is 9.44 Å². The van der Waals surface area contributed by atoms with Crippen LogP contribution in [0.5, 0.6) is 0 Å². The quantitative estimate of drug-likeness (QED) is 0.222. The van der Waals surface area contributed by atoms with Gasteiger partial charge in [-0.25, -0.2) is 13.4 Å². The van der Waals surface area contributed by atoms with E-state index < -0.39 is 20.0 Å². The maximum atomic E-state index is 13.3. The number of sulfonamides is 2. The molecule has 3 aromatic carbocycles. The minimum atomic E-state index is -4.22. The maximum absolute atomic E-state index is 13.3. The van der Waals surface area contributed by atoms with Gasteiger partial charge < -0.3 is 4.42 Å². The Balaban J connectivity index is 1.50. The summed E-state index contributed by atoms with van der Waals surface area (Å²) in [6.45, 7) is 5.85. The van der Waals surface area contributed by atoms with Crippen molar-refractivity contribution in [1.82, 2.24) is 4.98 Å². The highest BCUT2D eigenvalue weighted by Gasteiger charge is 2.24. The van der Waals surface area contributed by atoms with Gasteiger partial charge in [0.05, 0.1) is 31.5 Å². The molecule has 192 valence electrons. The van der Waals surface area contributed by atoms with Gasteiger partial charge in [0.2, 0.25) is 5.09 Å². The van der Waals surface area contributed by atoms with Crippen LogP contribution in [0, 0.1) is 6.92 Å². The van der Waals surface area contributed by atoms with Crippen LogP contribution in [0.25, 0.3) is 21.2 Å². The van der Waals surface area contributed by atoms with Crippen LogP contribution in [0.3, 0.4) is 0 Å². The fourth-order valence-electron chi connectivity index (χ4n) is 3.97. The third kappa shape index (κ3) is 5.04. The van der Waals surface area contributed by atoms with Gasteiger partial charge in [-0.1, -0.05) is 37.6 Å². The first-order valence-corrected chi connectivity index (χ1v) is 15.3. The van der Waals surface area contributed by atoms with Crippen LogP contribution in [0.1, 0.15) is 30.3 Å². The predicted molar refractivity (Wildman–Crippen MR) is 148 cm³/mol. The molecule has 0 amide bonds. The number of nitrogens with one attached hydrogen (secondary N) is 2. The summed E-state index contributed by atoms with van der Waals surface area (Å²) < 4.78 is 64.2. The molecule has 0 saturated heterocycles. The lowest BCUT2D eigenvalue weighted by Gasteiger charge is -2.14. The fourth-order valence-corrected chi connectivity index (χ4v) is 7.22. The van der Waals surface area contributed by atoms with Crippen LogP contribution >= 0.6 is 22.9 Å². The summed E-state index contributed by atoms with van der Waals surface area (Å²) in [5.74, 6) is 0.159. The average Bonchev–Trinajstić information content (AvgIpc) is 3.43. The third-order valence-electron chi connectivity index (χ3n) is 5.71. The Hall–Kier alpha value is -3.12. The number of benzene rings is 3. The lowest BCUT2D eigenvalue weighted by Crippen LogP contribution is -2.17. The number of anilines is 2. The Morgan fingerprint density at radius 3 is 2.43 bits per heavy atom. The van der Waals surface area contributed by atoms with E-state index in [0.717, 1.165) is 15.3 Å². The number of hydrogen-bond donors (Lipinski definition) is 2. The van der Waals surface area contributed by atoms with E-state index in [1.807, 2.05) is 26.8 Å². The SMILES string of the molecule is Cc1nc2ccc(S(=O)(=O)Nc3ccc(Cl)cc3NS(=O)(=O)c3cc4c(C(C)C)cccc4o3)cc2s1. The smallest absolute Gasteiger partial charge is 0.295 e. The van der Waals surface area contributed by atoms with Gasteiger partial charge in [0.15, 0.2) is 0 Å². The highest BCUT2D eigenvalue weighted by Crippen LogP contribution is 2.34. The molecule has 0 saturated carbocycles. The molecule has 0 bridgehead atoms. The van der Waals surface area contributed by atoms with Gasteiger partial charge >= 0.3 is 0 Å². The number of aromatic nitrogens is 1. The minimum absolute atomic E-state index is 0.00698. The molecular formula is C25H22ClN3O5S3. The van der Waals surface area contributed by atoms with E-state index in [1.165, 1.54) is 47.7 Å². The summed E-state index contributed by atoms with van der Waals surface area (Å²) in [6.07, 6.45) is 0. The molecule has 37 heavy (non-hydrogen) atoms. The van der Waals surface area contributed by atoms with Crippen molar-refractivity contribution in [3.63, 3.8) is 0 Å². The summed E-state index contributed by atoms with van der Waals surface area (Å²) in [7, 11) is -8.28. The molecule has 0 aliphatic heterocycles. The van der Waals surface area contributed by atoms with Crippen molar-refractivity contribution >= 4 is 75.5 Å². The average molecular weight is 576 g/mol. The molecule has 0 unspecified atom stereocenters. The zero-order chi connectivity index (χ0) is 26.5. The molecule has 0 spiro atoms. The van der Waals surface area contributed by atoms with Gasteiger partial charge in [0.1, 0.15) is 5.58 Å². The van der Waals surface area contributed by atoms with Crippen molar-refractivity contribution < 1.29 is 21.3 Å². The number of fused-ring (bicyclic) bond motifs is 2. The maximum Gasteiger partial charge on any atom is 0.295 e. The molecular weight excluding hydrogens is 554 g/mol. The predicted octanol–water partition coefficient (Wildman–Crippen LogP) is 6.73. The van der Waals surface area contributed by atoms with Gasteiger partial charge in [-0.2, -0.15) is 8.42 Å². The van der Waals surface area contributed by atoms with E-state index in [-0.39, 0.29) is 32.3 Å². The van der Waals surface area contributed by atoms with Gasteiger partial charge in [-0.3, -0.25) is 9.44 Å². The van der Waals surface area contributed by atoms with Crippen molar-refractivity contribution in [2.45, 2.75) is 36.7 Å². The van der Waals surface area contributed by atoms with Crippen LogP contribution in [0.15, 0.2) is 75.1 Å². The minimum Gasteiger partial charge on any atom is -0.443 e. The first-order valence-electron chi connectivity index (χ1n) is 11.2. The first kappa shape index (κ1) is 25.5. The second kappa shape index (κ2) is 9.32. The number of hydrogen-bond acceptors (Lipinski definition) is 7. The standard InChI is InChI=1S/C25H22ClN3O5S3/c1-14(2)18-5-4-6-23-19(18)13-25(34-23)37(32,33)29-22-11-16(26)7-9-20(22)28-36(30,31)17-8-10-21-24(12-17)35-15(3)27-21/h4-14,28-29H,1-3H3. The van der Waals surface area contributed by atoms with E-state index in [9.17, 15) is 16.8 Å². The topological polar surface area (TPSA) is 118 Å². The van der Waals surface area contributed by atoms with E-state index in [1.54, 1.807) is 18.2 Å². The monoisotopic (exact) mass is 575 g/mol. The molecule has 0 radical (unpaired) electrons. The Kier molecular flexibility index (Phi) is 6.43. The van der Waals surface area contributed by atoms with E-state index in [2.05, 4.69) is 14.4 Å². The summed E-state index contributed by atoms with van der Waals surface area (Å²) in [6, 6.07) is 15.7. The molecule has 5 rings (SSSR count). The molecule has 12 heteroatoms. The number of nitrogens with zero attached hydrogens (tertiary/aromatic N) is 1. The van der Waals surface area contributed by atoms with E-state index in [0.29, 0.717) is 16.5 Å². The summed E-state index contributed by atoms with van der Waals surface area (Å²) in [4.78, 5) is 4.37. The van der Waals surface area contributed by atoms with Gasteiger partial charge in [0.25, 0.3) is 20.0 Å². The normalized spacial score (nSPS) is 12.5. The van der Waals surface area contributed by atoms with E-state index >= 15 is 0 Å². The molecule has 0 aliphatic rings. The van der Waals surface area contributed by atoms with Gasteiger partial charge in [-0.05, 0) is 60.9 Å². The molecule has 2 aromatic heterocycles. The second-order valence-corrected chi connectivity index (χ2v) is 13.7. The highest BCUT2D eigenvalue weighted by molar-refractivity contribution is 7.93. The van der Waals surface area contributed by atoms with E-state index in [4.69, 9.17) is 16.0 Å². The number of halogens is 1. The summed E-state index contributed by atoms with van der Waals surface area (Å²) >= 11 is 7.51. The summed E-state index contributed by atoms with van der Waals surface area (Å²) in [5.41, 5.74) is 2.05. The molecule has 0 atom stereocenters. The second-order valence-electron chi connectivity index (χ2n) is 8.74. The molecule has 2 heterocycles. The Labute approximate surface area is 223 Å². The van der Waals surface area contributed by atoms with Crippen molar-refractivity contribution in [3.8, 4) is 0 Å². The number of rotatable bonds is 7. The number of furan rings is 1. The molecule has 5 aromatic rings. The lowest BCUT2D eigenvalue weighted by molar-refractivity contribution is 0.484. The Morgan fingerprint density at radius 2 is 1.68 bits per heavy atom. The van der Waals surface area contributed by atoms with Crippen LogP contribution in [-0.4, -0.2) is 21.8 Å². The third-order valence-corrected chi connectivity index (χ3v) is 9.46. The molecule has 0 aliphatic carbocycles. The van der Waals surface area contributed by atoms with Crippen molar-refractivity contribution in [2.24, 2.45) is 0 Å². The van der Waals surface area contributed by atoms with Crippen molar-refractivity contribution in [2.75, 3.05) is 9.44 Å². The van der Waals surface area contributed by atoms with Gasteiger partial charge in [0, 0.05) is 16.5 Å². The largest absolute Gasteiger partial charge is 0.443 e. The fraction of sp³-hybridized carbons (Fsp3) is 0.160. The number of thiazole rings is 1. The molecule has 2 N–H and O–H groups in total. The van der Waals surface area contributed by atoms with Crippen LogP contribution in [0.4, 0.5) is 11.4 Å². The van der Waals surface area contributed by atoms with Crippen molar-refractivity contribution in [1.29, 1.82) is 0 Å². The zero-order valence-corrected chi connectivity index (χ0v) is 23.1. The van der Waals surface area contributed by atoms with Gasteiger partial charge in [-0.15, -0.1) is 11.3 Å². The highest BCUT2D eigenvalue weighted by atomic mass is 35.5. The zero-order valence-electron chi connectivity index (χ0n) is 19.9. The number of aryl methyl sites for hydroxylation is 1. The van der Waals surface area contributed by atoms with Crippen molar-refractivity contribution in [3.05, 3.63) is 76.3 Å². The molecule has 8 nitrogen and oxygen atoms in total. The Bertz CT molecular complexity index is 1880.